The lowest BCUT2D eigenvalue weighted by Crippen LogP contribution is -2.41. The van der Waals surface area contributed by atoms with Gasteiger partial charge in [-0.25, -0.2) is 0 Å². The summed E-state index contributed by atoms with van der Waals surface area (Å²) in [5, 5.41) is 0. The van der Waals surface area contributed by atoms with Gasteiger partial charge in [0.15, 0.2) is 0 Å². The average molecular weight is 219 g/mol. The fourth-order valence-electron chi connectivity index (χ4n) is 2.77. The van der Waals surface area contributed by atoms with Crippen LogP contribution in [0.5, 0.6) is 5.75 Å². The van der Waals surface area contributed by atoms with Crippen LogP contribution < -0.4 is 10.5 Å². The summed E-state index contributed by atoms with van der Waals surface area (Å²) in [4.78, 5) is 0. The highest BCUT2D eigenvalue weighted by atomic mass is 16.5. The Morgan fingerprint density at radius 2 is 2.12 bits per heavy atom. The molecule has 0 aromatic heterocycles. The Balaban J connectivity index is 2.51. The Kier molecular flexibility index (Phi) is 2.94. The first-order valence-corrected chi connectivity index (χ1v) is 5.98. The van der Waals surface area contributed by atoms with Crippen molar-refractivity contribution in [2.24, 2.45) is 5.73 Å². The number of fused-ring (bicyclic) bond motifs is 1. The molecule has 1 aliphatic rings. The van der Waals surface area contributed by atoms with E-state index in [4.69, 9.17) is 10.5 Å². The summed E-state index contributed by atoms with van der Waals surface area (Å²) in [6, 6.07) is 6.32. The molecule has 0 heterocycles. The van der Waals surface area contributed by atoms with Gasteiger partial charge in [-0.05, 0) is 44.7 Å². The SMILES string of the molecule is COc1cccc2c1C(C(C)(C)N)CCC2. The molecule has 1 aromatic carbocycles. The number of methoxy groups -OCH3 is 1. The molecule has 0 aliphatic heterocycles. The van der Waals surface area contributed by atoms with Gasteiger partial charge in [0.2, 0.25) is 0 Å². The van der Waals surface area contributed by atoms with Gasteiger partial charge in [0.25, 0.3) is 0 Å². The number of nitrogens with two attached hydrogens (primary N) is 1. The third kappa shape index (κ3) is 1.94. The Bertz CT molecular complexity index is 365. The first-order valence-electron chi connectivity index (χ1n) is 5.98. The second-order valence-electron chi connectivity index (χ2n) is 5.30. The predicted molar refractivity (Wildman–Crippen MR) is 66.9 cm³/mol. The molecule has 0 saturated heterocycles. The highest BCUT2D eigenvalue weighted by molar-refractivity contribution is 5.45. The average Bonchev–Trinajstić information content (AvgIpc) is 2.26. The molecular formula is C14H21NO. The van der Waals surface area contributed by atoms with Crippen molar-refractivity contribution in [1.82, 2.24) is 0 Å². The molecule has 2 nitrogen and oxygen atoms in total. The van der Waals surface area contributed by atoms with Gasteiger partial charge in [-0.3, -0.25) is 0 Å². The van der Waals surface area contributed by atoms with Crippen LogP contribution in [0.4, 0.5) is 0 Å². The van der Waals surface area contributed by atoms with Crippen LogP contribution >= 0.6 is 0 Å². The van der Waals surface area contributed by atoms with Gasteiger partial charge in [0, 0.05) is 17.0 Å². The third-order valence-electron chi connectivity index (χ3n) is 3.56. The van der Waals surface area contributed by atoms with Crippen molar-refractivity contribution in [3.8, 4) is 5.75 Å². The normalized spacial score (nSPS) is 20.4. The molecule has 0 spiro atoms. The number of benzene rings is 1. The number of rotatable bonds is 2. The van der Waals surface area contributed by atoms with Crippen LogP contribution in [0.15, 0.2) is 18.2 Å². The maximum absolute atomic E-state index is 6.29. The number of ether oxygens (including phenoxy) is 1. The van der Waals surface area contributed by atoms with Gasteiger partial charge in [0.05, 0.1) is 7.11 Å². The zero-order valence-electron chi connectivity index (χ0n) is 10.4. The maximum atomic E-state index is 6.29. The molecule has 0 saturated carbocycles. The largest absolute Gasteiger partial charge is 0.496 e. The van der Waals surface area contributed by atoms with E-state index in [2.05, 4.69) is 26.0 Å². The van der Waals surface area contributed by atoms with Crippen molar-refractivity contribution >= 4 is 0 Å². The molecule has 0 amide bonds. The lowest BCUT2D eigenvalue weighted by atomic mass is 9.73. The summed E-state index contributed by atoms with van der Waals surface area (Å²) in [5.74, 6) is 1.41. The van der Waals surface area contributed by atoms with Crippen molar-refractivity contribution in [2.75, 3.05) is 7.11 Å². The van der Waals surface area contributed by atoms with Gasteiger partial charge in [-0.2, -0.15) is 0 Å². The second kappa shape index (κ2) is 4.10. The molecule has 2 heteroatoms. The summed E-state index contributed by atoms with van der Waals surface area (Å²) < 4.78 is 5.48. The molecule has 1 aliphatic carbocycles. The molecule has 88 valence electrons. The molecular weight excluding hydrogens is 198 g/mol. The molecule has 1 unspecified atom stereocenters. The molecule has 0 fully saturated rings. The monoisotopic (exact) mass is 219 g/mol. The van der Waals surface area contributed by atoms with Crippen LogP contribution in [0.3, 0.4) is 0 Å². The minimum atomic E-state index is -0.177. The quantitative estimate of drug-likeness (QED) is 0.830. The summed E-state index contributed by atoms with van der Waals surface area (Å²) in [5.41, 5.74) is 8.86. The van der Waals surface area contributed by atoms with Gasteiger partial charge >= 0.3 is 0 Å². The Morgan fingerprint density at radius 1 is 1.38 bits per heavy atom. The maximum Gasteiger partial charge on any atom is 0.122 e. The Labute approximate surface area is 97.8 Å². The third-order valence-corrected chi connectivity index (χ3v) is 3.56. The van der Waals surface area contributed by atoms with E-state index in [0.29, 0.717) is 5.92 Å². The highest BCUT2D eigenvalue weighted by Gasteiger charge is 2.33. The van der Waals surface area contributed by atoms with Gasteiger partial charge < -0.3 is 10.5 Å². The van der Waals surface area contributed by atoms with E-state index in [-0.39, 0.29) is 5.54 Å². The van der Waals surface area contributed by atoms with Crippen LogP contribution in [0.2, 0.25) is 0 Å². The molecule has 2 N–H and O–H groups in total. The zero-order valence-corrected chi connectivity index (χ0v) is 10.4. The van der Waals surface area contributed by atoms with Crippen LogP contribution in [0.1, 0.15) is 43.7 Å². The van der Waals surface area contributed by atoms with E-state index in [0.717, 1.165) is 18.6 Å². The summed E-state index contributed by atoms with van der Waals surface area (Å²) in [6.07, 6.45) is 3.54. The van der Waals surface area contributed by atoms with Crippen LogP contribution in [-0.4, -0.2) is 12.6 Å². The number of aryl methyl sites for hydroxylation is 1. The number of hydrogen-bond donors (Lipinski definition) is 1. The predicted octanol–water partition coefficient (Wildman–Crippen LogP) is 2.85. The van der Waals surface area contributed by atoms with E-state index < -0.39 is 0 Å². The first kappa shape index (κ1) is 11.5. The minimum absolute atomic E-state index is 0.177. The van der Waals surface area contributed by atoms with Crippen molar-refractivity contribution in [2.45, 2.75) is 44.6 Å². The van der Waals surface area contributed by atoms with E-state index in [1.807, 2.05) is 6.07 Å². The van der Waals surface area contributed by atoms with Crippen LogP contribution in [0.25, 0.3) is 0 Å². The van der Waals surface area contributed by atoms with Crippen molar-refractivity contribution in [3.05, 3.63) is 29.3 Å². The fraction of sp³-hybridized carbons (Fsp3) is 0.571. The van der Waals surface area contributed by atoms with E-state index in [1.165, 1.54) is 17.5 Å². The van der Waals surface area contributed by atoms with Gasteiger partial charge in [-0.15, -0.1) is 0 Å². The van der Waals surface area contributed by atoms with Crippen LogP contribution in [0, 0.1) is 0 Å². The topological polar surface area (TPSA) is 35.2 Å². The molecule has 0 bridgehead atoms. The summed E-state index contributed by atoms with van der Waals surface area (Å²) >= 11 is 0. The lowest BCUT2D eigenvalue weighted by Gasteiger charge is -2.36. The summed E-state index contributed by atoms with van der Waals surface area (Å²) in [7, 11) is 1.74. The Morgan fingerprint density at radius 3 is 2.75 bits per heavy atom. The highest BCUT2D eigenvalue weighted by Crippen LogP contribution is 2.42. The van der Waals surface area contributed by atoms with E-state index in [1.54, 1.807) is 7.11 Å². The summed E-state index contributed by atoms with van der Waals surface area (Å²) in [6.45, 7) is 4.22. The fourth-order valence-corrected chi connectivity index (χ4v) is 2.77. The molecule has 0 radical (unpaired) electrons. The van der Waals surface area contributed by atoms with Crippen molar-refractivity contribution in [1.29, 1.82) is 0 Å². The van der Waals surface area contributed by atoms with Crippen molar-refractivity contribution in [3.63, 3.8) is 0 Å². The standard InChI is InChI=1S/C14H21NO/c1-14(2,15)11-8-4-6-10-7-5-9-12(16-3)13(10)11/h5,7,9,11H,4,6,8,15H2,1-3H3. The molecule has 1 aromatic rings. The lowest BCUT2D eigenvalue weighted by molar-refractivity contribution is 0.343. The molecule has 1 atom stereocenters. The Hall–Kier alpha value is -1.02. The van der Waals surface area contributed by atoms with Crippen LogP contribution in [-0.2, 0) is 6.42 Å². The number of hydrogen-bond acceptors (Lipinski definition) is 2. The van der Waals surface area contributed by atoms with E-state index >= 15 is 0 Å². The van der Waals surface area contributed by atoms with Gasteiger partial charge in [-0.1, -0.05) is 12.1 Å². The minimum Gasteiger partial charge on any atom is -0.496 e. The van der Waals surface area contributed by atoms with Crippen molar-refractivity contribution < 1.29 is 4.74 Å². The first-order chi connectivity index (χ1) is 7.54. The molecule has 16 heavy (non-hydrogen) atoms. The van der Waals surface area contributed by atoms with Gasteiger partial charge in [0.1, 0.15) is 5.75 Å². The zero-order chi connectivity index (χ0) is 11.8. The smallest absolute Gasteiger partial charge is 0.122 e. The van der Waals surface area contributed by atoms with E-state index in [9.17, 15) is 0 Å². The molecule has 2 rings (SSSR count). The second-order valence-corrected chi connectivity index (χ2v) is 5.30.